The second kappa shape index (κ2) is 2.65. The first kappa shape index (κ1) is 8.25. The summed E-state index contributed by atoms with van der Waals surface area (Å²) < 4.78 is 12.9. The highest BCUT2D eigenvalue weighted by Gasteiger charge is 2.17. The summed E-state index contributed by atoms with van der Waals surface area (Å²) in [5, 5.41) is 10.2. The highest BCUT2D eigenvalue weighted by Crippen LogP contribution is 2.26. The molecule has 0 saturated heterocycles. The Hall–Kier alpha value is -1.85. The molecule has 0 amide bonds. The van der Waals surface area contributed by atoms with Crippen LogP contribution in [0.5, 0.6) is 0 Å². The van der Waals surface area contributed by atoms with Gasteiger partial charge in [0.1, 0.15) is 0 Å². The Bertz CT molecular complexity index is 340. The van der Waals surface area contributed by atoms with Crippen LogP contribution in [0.2, 0.25) is 0 Å². The summed E-state index contributed by atoms with van der Waals surface area (Å²) in [4.78, 5) is 9.30. The van der Waals surface area contributed by atoms with E-state index in [2.05, 4.69) is 0 Å². The molecule has 0 aliphatic carbocycles. The van der Waals surface area contributed by atoms with Crippen molar-refractivity contribution >= 4 is 17.1 Å². The van der Waals surface area contributed by atoms with E-state index >= 15 is 0 Å². The number of halogens is 1. The van der Waals surface area contributed by atoms with Crippen LogP contribution in [-0.4, -0.2) is 4.92 Å². The normalized spacial score (nSPS) is 9.75. The lowest BCUT2D eigenvalue weighted by molar-refractivity contribution is -0.387. The van der Waals surface area contributed by atoms with E-state index in [1.165, 1.54) is 6.07 Å². The number of nitrogens with two attached hydrogens (primary N) is 2. The van der Waals surface area contributed by atoms with Gasteiger partial charge in [-0.15, -0.1) is 0 Å². The molecule has 0 bridgehead atoms. The summed E-state index contributed by atoms with van der Waals surface area (Å²) in [5.41, 5.74) is 9.27. The largest absolute Gasteiger partial charge is 0.397 e. The third-order valence-electron chi connectivity index (χ3n) is 1.39. The lowest BCUT2D eigenvalue weighted by Crippen LogP contribution is -2.01. The van der Waals surface area contributed by atoms with Crippen LogP contribution in [0.1, 0.15) is 0 Å². The Kier molecular flexibility index (Phi) is 1.82. The number of hydrogen-bond acceptors (Lipinski definition) is 4. The SMILES string of the molecule is Nc1ccc([N+](=O)[O-])c(F)c1N. The molecule has 1 rings (SSSR count). The molecule has 0 spiro atoms. The first-order chi connectivity index (χ1) is 5.54. The first-order valence-electron chi connectivity index (χ1n) is 3.02. The molecular formula is C6H6FN3O2. The van der Waals surface area contributed by atoms with E-state index in [0.717, 1.165) is 6.07 Å². The number of nitro groups is 1. The van der Waals surface area contributed by atoms with E-state index in [1.54, 1.807) is 0 Å². The van der Waals surface area contributed by atoms with Gasteiger partial charge in [0.25, 0.3) is 0 Å². The zero-order valence-electron chi connectivity index (χ0n) is 5.95. The maximum atomic E-state index is 12.9. The summed E-state index contributed by atoms with van der Waals surface area (Å²) in [6.07, 6.45) is 0. The minimum absolute atomic E-state index is 0.00176. The van der Waals surface area contributed by atoms with Gasteiger partial charge in [0, 0.05) is 6.07 Å². The first-order valence-corrected chi connectivity index (χ1v) is 3.02. The minimum Gasteiger partial charge on any atom is -0.397 e. The molecule has 4 N–H and O–H groups in total. The number of rotatable bonds is 1. The fourth-order valence-electron chi connectivity index (χ4n) is 0.737. The number of benzene rings is 1. The molecule has 0 aliphatic rings. The van der Waals surface area contributed by atoms with Gasteiger partial charge in [0.05, 0.1) is 16.3 Å². The minimum atomic E-state index is -1.08. The molecule has 0 radical (unpaired) electrons. The molecule has 0 fully saturated rings. The number of anilines is 2. The van der Waals surface area contributed by atoms with Crippen LogP contribution in [0.15, 0.2) is 12.1 Å². The van der Waals surface area contributed by atoms with Crippen molar-refractivity contribution < 1.29 is 9.31 Å². The maximum Gasteiger partial charge on any atom is 0.307 e. The lowest BCUT2D eigenvalue weighted by atomic mass is 10.2. The van der Waals surface area contributed by atoms with E-state index < -0.39 is 16.4 Å². The van der Waals surface area contributed by atoms with Gasteiger partial charge < -0.3 is 11.5 Å². The highest BCUT2D eigenvalue weighted by molar-refractivity contribution is 5.67. The Morgan fingerprint density at radius 2 is 2.00 bits per heavy atom. The van der Waals surface area contributed by atoms with Gasteiger partial charge in [-0.05, 0) is 6.07 Å². The second-order valence-electron chi connectivity index (χ2n) is 2.16. The number of nitrogens with zero attached hydrogens (tertiary/aromatic N) is 1. The average Bonchev–Trinajstić information content (AvgIpc) is 2.00. The van der Waals surface area contributed by atoms with Crippen LogP contribution in [0.3, 0.4) is 0 Å². The highest BCUT2D eigenvalue weighted by atomic mass is 19.1. The fraction of sp³-hybridized carbons (Fsp3) is 0. The Morgan fingerprint density at radius 3 is 2.50 bits per heavy atom. The third kappa shape index (κ3) is 1.14. The van der Waals surface area contributed by atoms with Gasteiger partial charge in [-0.2, -0.15) is 4.39 Å². The van der Waals surface area contributed by atoms with Crippen molar-refractivity contribution in [2.24, 2.45) is 0 Å². The van der Waals surface area contributed by atoms with E-state index in [9.17, 15) is 14.5 Å². The monoisotopic (exact) mass is 171 g/mol. The van der Waals surface area contributed by atoms with Crippen molar-refractivity contribution in [2.45, 2.75) is 0 Å². The predicted octanol–water partition coefficient (Wildman–Crippen LogP) is 0.898. The van der Waals surface area contributed by atoms with Crippen molar-refractivity contribution in [1.29, 1.82) is 0 Å². The molecule has 5 nitrogen and oxygen atoms in total. The summed E-state index contributed by atoms with van der Waals surface area (Å²) in [6, 6.07) is 2.16. The van der Waals surface area contributed by atoms with E-state index in [4.69, 9.17) is 11.5 Å². The van der Waals surface area contributed by atoms with Crippen LogP contribution in [-0.2, 0) is 0 Å². The van der Waals surface area contributed by atoms with Crippen LogP contribution < -0.4 is 11.5 Å². The second-order valence-corrected chi connectivity index (χ2v) is 2.16. The smallest absolute Gasteiger partial charge is 0.307 e. The molecule has 0 aliphatic heterocycles. The van der Waals surface area contributed by atoms with Gasteiger partial charge in [-0.3, -0.25) is 10.1 Å². The van der Waals surface area contributed by atoms with Crippen molar-refractivity contribution in [3.63, 3.8) is 0 Å². The Labute approximate surface area is 66.9 Å². The van der Waals surface area contributed by atoms with E-state index in [0.29, 0.717) is 0 Å². The Morgan fingerprint density at radius 1 is 1.42 bits per heavy atom. The fourth-order valence-corrected chi connectivity index (χ4v) is 0.737. The third-order valence-corrected chi connectivity index (χ3v) is 1.39. The van der Waals surface area contributed by atoms with Crippen molar-refractivity contribution in [3.8, 4) is 0 Å². The van der Waals surface area contributed by atoms with Crippen LogP contribution in [0.4, 0.5) is 21.5 Å². The maximum absolute atomic E-state index is 12.9. The number of hydrogen-bond donors (Lipinski definition) is 2. The van der Waals surface area contributed by atoms with Gasteiger partial charge in [-0.25, -0.2) is 0 Å². The lowest BCUT2D eigenvalue weighted by Gasteiger charge is -2.00. The Balaban J connectivity index is 3.36. The molecule has 0 aromatic heterocycles. The van der Waals surface area contributed by atoms with Gasteiger partial charge in [0.2, 0.25) is 5.82 Å². The van der Waals surface area contributed by atoms with Crippen LogP contribution >= 0.6 is 0 Å². The van der Waals surface area contributed by atoms with E-state index in [-0.39, 0.29) is 11.4 Å². The summed E-state index contributed by atoms with van der Waals surface area (Å²) in [7, 11) is 0. The quantitative estimate of drug-likeness (QED) is 0.372. The van der Waals surface area contributed by atoms with Crippen molar-refractivity contribution in [2.75, 3.05) is 11.5 Å². The molecule has 1 aromatic rings. The summed E-state index contributed by atoms with van der Waals surface area (Å²) in [5.74, 6) is -1.08. The zero-order chi connectivity index (χ0) is 9.30. The van der Waals surface area contributed by atoms with Gasteiger partial charge in [0.15, 0.2) is 0 Å². The van der Waals surface area contributed by atoms with Gasteiger partial charge >= 0.3 is 5.69 Å². The van der Waals surface area contributed by atoms with Crippen molar-refractivity contribution in [1.82, 2.24) is 0 Å². The van der Waals surface area contributed by atoms with Crippen LogP contribution in [0.25, 0.3) is 0 Å². The van der Waals surface area contributed by atoms with E-state index in [1.807, 2.05) is 0 Å². The molecule has 6 heteroatoms. The average molecular weight is 171 g/mol. The zero-order valence-corrected chi connectivity index (χ0v) is 5.95. The van der Waals surface area contributed by atoms with Gasteiger partial charge in [-0.1, -0.05) is 0 Å². The van der Waals surface area contributed by atoms with Crippen LogP contribution in [0, 0.1) is 15.9 Å². The summed E-state index contributed by atoms with van der Waals surface area (Å²) >= 11 is 0. The standard InChI is InChI=1S/C6H6FN3O2/c7-5-4(10(11)12)2-1-3(8)6(5)9/h1-2H,8-9H2. The predicted molar refractivity (Wildman–Crippen MR) is 41.9 cm³/mol. The molecule has 0 saturated carbocycles. The number of nitro benzene ring substituents is 1. The molecular weight excluding hydrogens is 165 g/mol. The molecule has 0 unspecified atom stereocenters. The summed E-state index contributed by atoms with van der Waals surface area (Å²) in [6.45, 7) is 0. The molecule has 1 aromatic carbocycles. The number of nitrogen functional groups attached to an aromatic ring is 2. The molecule has 0 heterocycles. The molecule has 12 heavy (non-hydrogen) atoms. The molecule has 64 valence electrons. The topological polar surface area (TPSA) is 95.2 Å². The van der Waals surface area contributed by atoms with Crippen molar-refractivity contribution in [3.05, 3.63) is 28.1 Å². The molecule has 0 atom stereocenters.